The maximum Gasteiger partial charge on any atom is 0.0113 e. The van der Waals surface area contributed by atoms with Crippen molar-refractivity contribution in [2.75, 3.05) is 32.7 Å². The first-order valence-electron chi connectivity index (χ1n) is 11.7. The zero-order valence-electron chi connectivity index (χ0n) is 16.4. The van der Waals surface area contributed by atoms with E-state index < -0.39 is 0 Å². The highest BCUT2D eigenvalue weighted by molar-refractivity contribution is 5.02. The maximum atomic E-state index is 2.88. The van der Waals surface area contributed by atoms with Gasteiger partial charge >= 0.3 is 0 Å². The lowest BCUT2D eigenvalue weighted by Gasteiger charge is -2.58. The van der Waals surface area contributed by atoms with E-state index in [1.807, 2.05) is 0 Å². The highest BCUT2D eigenvalue weighted by Crippen LogP contribution is 2.60. The summed E-state index contributed by atoms with van der Waals surface area (Å²) in [5.41, 5.74) is 0.747. The van der Waals surface area contributed by atoms with Gasteiger partial charge in [-0.3, -0.25) is 4.90 Å². The van der Waals surface area contributed by atoms with Crippen LogP contribution in [-0.4, -0.2) is 48.6 Å². The van der Waals surface area contributed by atoms with E-state index in [2.05, 4.69) is 9.80 Å². The molecule has 5 saturated carbocycles. The van der Waals surface area contributed by atoms with Gasteiger partial charge in [0, 0.05) is 38.8 Å². The Bertz CT molecular complexity index is 408. The third kappa shape index (κ3) is 3.68. The zero-order chi connectivity index (χ0) is 16.7. The van der Waals surface area contributed by atoms with E-state index >= 15 is 0 Å². The van der Waals surface area contributed by atoms with Crippen molar-refractivity contribution >= 4 is 0 Å². The molecule has 0 unspecified atom stereocenters. The predicted molar refractivity (Wildman–Crippen MR) is 105 cm³/mol. The molecule has 0 N–H and O–H groups in total. The van der Waals surface area contributed by atoms with Crippen LogP contribution in [0.3, 0.4) is 0 Å². The fourth-order valence-corrected chi connectivity index (χ4v) is 8.04. The van der Waals surface area contributed by atoms with Gasteiger partial charge in [0.15, 0.2) is 0 Å². The molecule has 2 heteroatoms. The number of hydrogen-bond acceptors (Lipinski definition) is 2. The normalized spacial score (nSPS) is 43.9. The summed E-state index contributed by atoms with van der Waals surface area (Å²) in [6.07, 6.45) is 19.9. The van der Waals surface area contributed by atoms with Crippen molar-refractivity contribution in [3.63, 3.8) is 0 Å². The summed E-state index contributed by atoms with van der Waals surface area (Å²) in [5.74, 6) is 3.34. The summed E-state index contributed by atoms with van der Waals surface area (Å²) in [6, 6.07) is 0.919. The summed E-state index contributed by atoms with van der Waals surface area (Å²) in [6.45, 7) is 6.89. The molecule has 0 aromatic carbocycles. The second kappa shape index (κ2) is 7.15. The molecule has 0 radical (unpaired) electrons. The first kappa shape index (κ1) is 17.0. The lowest BCUT2D eigenvalue weighted by atomic mass is 9.49. The van der Waals surface area contributed by atoms with Crippen molar-refractivity contribution in [2.45, 2.75) is 89.5 Å². The van der Waals surface area contributed by atoms with Crippen molar-refractivity contribution in [1.29, 1.82) is 0 Å². The van der Waals surface area contributed by atoms with Crippen LogP contribution in [0.2, 0.25) is 0 Å². The minimum Gasteiger partial charge on any atom is -0.300 e. The Labute approximate surface area is 155 Å². The number of hydrogen-bond donors (Lipinski definition) is 0. The molecule has 2 nitrogen and oxygen atoms in total. The van der Waals surface area contributed by atoms with Crippen molar-refractivity contribution in [3.05, 3.63) is 0 Å². The molecule has 5 aliphatic carbocycles. The predicted octanol–water partition coefficient (Wildman–Crippen LogP) is 4.93. The van der Waals surface area contributed by atoms with Crippen molar-refractivity contribution in [3.8, 4) is 0 Å². The van der Waals surface area contributed by atoms with Crippen LogP contribution in [0.25, 0.3) is 0 Å². The first-order valence-corrected chi connectivity index (χ1v) is 11.7. The zero-order valence-corrected chi connectivity index (χ0v) is 16.4. The number of piperazine rings is 1. The monoisotopic (exact) mass is 344 g/mol. The summed E-state index contributed by atoms with van der Waals surface area (Å²) in [7, 11) is 0. The van der Waals surface area contributed by atoms with Gasteiger partial charge in [0.25, 0.3) is 0 Å². The molecule has 1 aliphatic heterocycles. The van der Waals surface area contributed by atoms with Crippen LogP contribution >= 0.6 is 0 Å². The molecule has 0 atom stereocenters. The summed E-state index contributed by atoms with van der Waals surface area (Å²) < 4.78 is 0. The summed E-state index contributed by atoms with van der Waals surface area (Å²) in [4.78, 5) is 5.76. The molecular formula is C23H40N2. The second-order valence-electron chi connectivity index (χ2n) is 10.7. The van der Waals surface area contributed by atoms with E-state index in [4.69, 9.17) is 0 Å². The van der Waals surface area contributed by atoms with Crippen LogP contribution in [0.4, 0.5) is 0 Å². The fraction of sp³-hybridized carbons (Fsp3) is 1.00. The van der Waals surface area contributed by atoms with Crippen LogP contribution in [0.15, 0.2) is 0 Å². The average Bonchev–Trinajstić information content (AvgIpc) is 2.54. The van der Waals surface area contributed by atoms with Gasteiger partial charge in [-0.15, -0.1) is 0 Å². The molecule has 0 spiro atoms. The largest absolute Gasteiger partial charge is 0.300 e. The molecular weight excluding hydrogens is 304 g/mol. The summed E-state index contributed by atoms with van der Waals surface area (Å²) in [5, 5.41) is 0. The second-order valence-corrected chi connectivity index (χ2v) is 10.7. The van der Waals surface area contributed by atoms with Crippen LogP contribution in [0.1, 0.15) is 83.5 Å². The summed E-state index contributed by atoms with van der Waals surface area (Å²) >= 11 is 0. The van der Waals surface area contributed by atoms with Crippen LogP contribution in [-0.2, 0) is 0 Å². The van der Waals surface area contributed by atoms with E-state index in [1.54, 1.807) is 38.5 Å². The Hall–Kier alpha value is -0.0800. The van der Waals surface area contributed by atoms with Gasteiger partial charge in [-0.2, -0.15) is 0 Å². The van der Waals surface area contributed by atoms with Crippen molar-refractivity contribution in [2.24, 2.45) is 23.2 Å². The molecule has 6 fully saturated rings. The first-order chi connectivity index (χ1) is 12.3. The minimum atomic E-state index is 0.747. The molecule has 6 rings (SSSR count). The van der Waals surface area contributed by atoms with E-state index in [0.717, 1.165) is 29.2 Å². The van der Waals surface area contributed by atoms with Crippen molar-refractivity contribution < 1.29 is 0 Å². The van der Waals surface area contributed by atoms with Crippen LogP contribution < -0.4 is 0 Å². The van der Waals surface area contributed by atoms with E-state index in [9.17, 15) is 0 Å². The lowest BCUT2D eigenvalue weighted by molar-refractivity contribution is -0.0750. The van der Waals surface area contributed by atoms with Gasteiger partial charge in [-0.05, 0) is 74.5 Å². The van der Waals surface area contributed by atoms with Crippen molar-refractivity contribution in [1.82, 2.24) is 9.80 Å². The highest BCUT2D eigenvalue weighted by Gasteiger charge is 2.51. The average molecular weight is 345 g/mol. The Morgan fingerprint density at radius 2 is 1.16 bits per heavy atom. The molecule has 25 heavy (non-hydrogen) atoms. The fourth-order valence-electron chi connectivity index (χ4n) is 8.04. The molecule has 0 aromatic heterocycles. The highest BCUT2D eigenvalue weighted by atomic mass is 15.3. The standard InChI is InChI=1S/C23H40N2/c1-2-4-6-22(7-5-3-1)25-10-8-24(9-11-25)18-23-15-19-12-20(16-23)14-21(13-19)17-23/h19-22H,1-18H2. The lowest BCUT2D eigenvalue weighted by Crippen LogP contribution is -2.56. The van der Waals surface area contributed by atoms with Crippen LogP contribution in [0.5, 0.6) is 0 Å². The molecule has 4 bridgehead atoms. The molecule has 0 aromatic rings. The van der Waals surface area contributed by atoms with Gasteiger partial charge < -0.3 is 4.90 Å². The third-order valence-electron chi connectivity index (χ3n) is 8.72. The minimum absolute atomic E-state index is 0.747. The van der Waals surface area contributed by atoms with Gasteiger partial charge in [0.1, 0.15) is 0 Å². The Morgan fingerprint density at radius 1 is 0.640 bits per heavy atom. The quantitative estimate of drug-likeness (QED) is 0.716. The van der Waals surface area contributed by atoms with Crippen LogP contribution in [0, 0.1) is 23.2 Å². The molecule has 1 heterocycles. The van der Waals surface area contributed by atoms with Gasteiger partial charge in [0.05, 0.1) is 0 Å². The SMILES string of the molecule is C1CCCC(N2CCN(CC34CC5CC(CC(C5)C3)C4)CC2)CCC1. The number of nitrogens with zero attached hydrogens (tertiary/aromatic N) is 2. The molecule has 142 valence electrons. The van der Waals surface area contributed by atoms with Gasteiger partial charge in [0.2, 0.25) is 0 Å². The molecule has 1 saturated heterocycles. The Kier molecular flexibility index (Phi) is 4.88. The molecule has 6 aliphatic rings. The van der Waals surface area contributed by atoms with E-state index in [0.29, 0.717) is 0 Å². The van der Waals surface area contributed by atoms with Gasteiger partial charge in [-0.25, -0.2) is 0 Å². The number of rotatable bonds is 3. The molecule has 0 amide bonds. The smallest absolute Gasteiger partial charge is 0.0113 e. The topological polar surface area (TPSA) is 6.48 Å². The van der Waals surface area contributed by atoms with E-state index in [-0.39, 0.29) is 0 Å². The maximum absolute atomic E-state index is 2.88. The van der Waals surface area contributed by atoms with Gasteiger partial charge in [-0.1, -0.05) is 32.1 Å². The Balaban J connectivity index is 1.14. The third-order valence-corrected chi connectivity index (χ3v) is 8.72. The van der Waals surface area contributed by atoms with E-state index in [1.165, 1.54) is 77.7 Å². The Morgan fingerprint density at radius 3 is 1.72 bits per heavy atom.